The molecule has 0 spiro atoms. The number of rotatable bonds is 1. The van der Waals surface area contributed by atoms with Crippen molar-refractivity contribution in [2.45, 2.75) is 44.3 Å². The first-order valence-corrected chi connectivity index (χ1v) is 4.75. The second-order valence-electron chi connectivity index (χ2n) is 4.41. The van der Waals surface area contributed by atoms with Crippen LogP contribution in [-0.2, 0) is 9.47 Å². The summed E-state index contributed by atoms with van der Waals surface area (Å²) in [6.45, 7) is 3.90. The summed E-state index contributed by atoms with van der Waals surface area (Å²) >= 11 is 0. The van der Waals surface area contributed by atoms with E-state index in [1.165, 1.54) is 0 Å². The highest BCUT2D eigenvalue weighted by Gasteiger charge is 2.52. The predicted octanol–water partition coefficient (Wildman–Crippen LogP) is -0.154. The molecule has 1 aliphatic carbocycles. The molecule has 1 unspecified atom stereocenters. The zero-order valence-electron chi connectivity index (χ0n) is 8.06. The molecule has 3 N–H and O–H groups in total. The van der Waals surface area contributed by atoms with Crippen LogP contribution in [0.5, 0.6) is 0 Å². The van der Waals surface area contributed by atoms with Gasteiger partial charge in [-0.2, -0.15) is 0 Å². The Bertz CT molecular complexity index is 207. The monoisotopic (exact) mass is 187 g/mol. The Morgan fingerprint density at radius 1 is 1.38 bits per heavy atom. The Labute approximate surface area is 78.0 Å². The SMILES string of the molecule is CC1(C)O[C@@H]2[C@@H](CO)CC(N)[C@@H]2O1. The molecule has 2 fully saturated rings. The molecule has 2 rings (SSSR count). The van der Waals surface area contributed by atoms with Crippen LogP contribution in [0.4, 0.5) is 0 Å². The Hall–Kier alpha value is -0.160. The Balaban J connectivity index is 2.12. The number of aliphatic hydroxyl groups is 1. The van der Waals surface area contributed by atoms with Crippen molar-refractivity contribution in [3.8, 4) is 0 Å². The molecule has 0 bridgehead atoms. The molecule has 1 aliphatic heterocycles. The Morgan fingerprint density at radius 3 is 2.62 bits per heavy atom. The number of hydrogen-bond donors (Lipinski definition) is 2. The lowest BCUT2D eigenvalue weighted by atomic mass is 10.1. The van der Waals surface area contributed by atoms with Crippen molar-refractivity contribution in [1.82, 2.24) is 0 Å². The summed E-state index contributed by atoms with van der Waals surface area (Å²) in [6, 6.07) is 0.00363. The van der Waals surface area contributed by atoms with Gasteiger partial charge in [-0.1, -0.05) is 0 Å². The van der Waals surface area contributed by atoms with Gasteiger partial charge in [0.2, 0.25) is 0 Å². The molecule has 1 saturated carbocycles. The van der Waals surface area contributed by atoms with E-state index in [1.807, 2.05) is 13.8 Å². The van der Waals surface area contributed by atoms with Crippen LogP contribution in [0.15, 0.2) is 0 Å². The summed E-state index contributed by atoms with van der Waals surface area (Å²) in [6.07, 6.45) is 0.740. The fourth-order valence-corrected chi connectivity index (χ4v) is 2.31. The molecule has 4 heteroatoms. The average molecular weight is 187 g/mol. The molecular weight excluding hydrogens is 170 g/mol. The molecule has 0 aromatic heterocycles. The van der Waals surface area contributed by atoms with E-state index in [-0.39, 0.29) is 30.8 Å². The van der Waals surface area contributed by atoms with Crippen molar-refractivity contribution in [2.75, 3.05) is 6.61 Å². The van der Waals surface area contributed by atoms with Gasteiger partial charge in [0, 0.05) is 18.6 Å². The van der Waals surface area contributed by atoms with Crippen LogP contribution in [-0.4, -0.2) is 35.8 Å². The maximum Gasteiger partial charge on any atom is 0.163 e. The van der Waals surface area contributed by atoms with E-state index in [0.29, 0.717) is 0 Å². The number of hydrogen-bond acceptors (Lipinski definition) is 4. The van der Waals surface area contributed by atoms with Crippen molar-refractivity contribution in [1.29, 1.82) is 0 Å². The quantitative estimate of drug-likeness (QED) is 0.599. The van der Waals surface area contributed by atoms with Crippen molar-refractivity contribution >= 4 is 0 Å². The molecule has 2 aliphatic rings. The summed E-state index contributed by atoms with van der Waals surface area (Å²) in [4.78, 5) is 0. The van der Waals surface area contributed by atoms with Crippen LogP contribution in [0.25, 0.3) is 0 Å². The van der Waals surface area contributed by atoms with Gasteiger partial charge in [0.25, 0.3) is 0 Å². The van der Waals surface area contributed by atoms with Gasteiger partial charge in [-0.25, -0.2) is 0 Å². The Kier molecular flexibility index (Phi) is 2.11. The normalized spacial score (nSPS) is 48.0. The van der Waals surface area contributed by atoms with Crippen LogP contribution in [0.3, 0.4) is 0 Å². The lowest BCUT2D eigenvalue weighted by molar-refractivity contribution is -0.159. The summed E-state index contributed by atoms with van der Waals surface area (Å²) in [5.74, 6) is -0.400. The third-order valence-electron chi connectivity index (χ3n) is 2.86. The zero-order valence-corrected chi connectivity index (χ0v) is 8.06. The fourth-order valence-electron chi connectivity index (χ4n) is 2.31. The Morgan fingerprint density at radius 2 is 2.00 bits per heavy atom. The smallest absolute Gasteiger partial charge is 0.163 e. The number of fused-ring (bicyclic) bond motifs is 1. The average Bonchev–Trinajstić information content (AvgIpc) is 2.47. The van der Waals surface area contributed by atoms with Gasteiger partial charge in [-0.3, -0.25) is 0 Å². The third kappa shape index (κ3) is 1.48. The van der Waals surface area contributed by atoms with E-state index in [1.54, 1.807) is 0 Å². The summed E-state index contributed by atoms with van der Waals surface area (Å²) in [7, 11) is 0. The molecule has 0 aromatic rings. The van der Waals surface area contributed by atoms with Crippen LogP contribution in [0.2, 0.25) is 0 Å². The van der Waals surface area contributed by atoms with Gasteiger partial charge in [0.15, 0.2) is 5.79 Å². The van der Waals surface area contributed by atoms with E-state index >= 15 is 0 Å². The summed E-state index contributed by atoms with van der Waals surface area (Å²) < 4.78 is 11.3. The topological polar surface area (TPSA) is 64.7 Å². The number of nitrogens with two attached hydrogens (primary N) is 1. The van der Waals surface area contributed by atoms with Crippen molar-refractivity contribution in [2.24, 2.45) is 11.7 Å². The van der Waals surface area contributed by atoms with Crippen LogP contribution in [0.1, 0.15) is 20.3 Å². The van der Waals surface area contributed by atoms with Gasteiger partial charge in [0.1, 0.15) is 6.10 Å². The highest BCUT2D eigenvalue weighted by Crippen LogP contribution is 2.40. The molecule has 4 nitrogen and oxygen atoms in total. The lowest BCUT2D eigenvalue weighted by Gasteiger charge is -2.21. The molecular formula is C9H17NO3. The molecule has 76 valence electrons. The van der Waals surface area contributed by atoms with Crippen LogP contribution < -0.4 is 5.73 Å². The van der Waals surface area contributed by atoms with E-state index in [0.717, 1.165) is 6.42 Å². The molecule has 1 heterocycles. The van der Waals surface area contributed by atoms with Crippen LogP contribution >= 0.6 is 0 Å². The second-order valence-corrected chi connectivity index (χ2v) is 4.41. The fraction of sp³-hybridized carbons (Fsp3) is 1.00. The summed E-state index contributed by atoms with van der Waals surface area (Å²) in [5.41, 5.74) is 5.89. The van der Waals surface area contributed by atoms with Crippen molar-refractivity contribution in [3.05, 3.63) is 0 Å². The summed E-state index contributed by atoms with van der Waals surface area (Å²) in [5, 5.41) is 9.11. The third-order valence-corrected chi connectivity index (χ3v) is 2.86. The predicted molar refractivity (Wildman–Crippen MR) is 47.0 cm³/mol. The van der Waals surface area contributed by atoms with Gasteiger partial charge < -0.3 is 20.3 Å². The highest BCUT2D eigenvalue weighted by atomic mass is 16.8. The maximum atomic E-state index is 9.11. The first kappa shape index (κ1) is 9.40. The lowest BCUT2D eigenvalue weighted by Crippen LogP contribution is -2.34. The minimum Gasteiger partial charge on any atom is -0.396 e. The molecule has 0 aromatic carbocycles. The van der Waals surface area contributed by atoms with Gasteiger partial charge >= 0.3 is 0 Å². The van der Waals surface area contributed by atoms with E-state index in [9.17, 15) is 0 Å². The van der Waals surface area contributed by atoms with Gasteiger partial charge in [-0.05, 0) is 20.3 Å². The number of aliphatic hydroxyl groups excluding tert-OH is 1. The largest absolute Gasteiger partial charge is 0.396 e. The molecule has 1 saturated heterocycles. The molecule has 13 heavy (non-hydrogen) atoms. The van der Waals surface area contributed by atoms with Crippen molar-refractivity contribution in [3.63, 3.8) is 0 Å². The molecule has 4 atom stereocenters. The van der Waals surface area contributed by atoms with Crippen molar-refractivity contribution < 1.29 is 14.6 Å². The molecule has 0 radical (unpaired) electrons. The highest BCUT2D eigenvalue weighted by molar-refractivity contribution is 4.99. The van der Waals surface area contributed by atoms with E-state index < -0.39 is 5.79 Å². The van der Waals surface area contributed by atoms with E-state index in [2.05, 4.69) is 0 Å². The maximum absolute atomic E-state index is 9.11. The minimum absolute atomic E-state index is 0.00363. The number of ether oxygens (including phenoxy) is 2. The minimum atomic E-state index is -0.541. The van der Waals surface area contributed by atoms with Gasteiger partial charge in [-0.15, -0.1) is 0 Å². The van der Waals surface area contributed by atoms with Gasteiger partial charge in [0.05, 0.1) is 6.10 Å². The first-order chi connectivity index (χ1) is 6.03. The first-order valence-electron chi connectivity index (χ1n) is 4.75. The standard InChI is InChI=1S/C9H17NO3/c1-9(2)12-7-5(4-11)3-6(10)8(7)13-9/h5-8,11H,3-4,10H2,1-2H3/t5-,6?,7-,8+/m1/s1. The second kappa shape index (κ2) is 2.92. The zero-order chi connectivity index (χ0) is 9.64. The van der Waals surface area contributed by atoms with Crippen LogP contribution in [0, 0.1) is 5.92 Å². The van der Waals surface area contributed by atoms with E-state index in [4.69, 9.17) is 20.3 Å². The molecule has 0 amide bonds.